The summed E-state index contributed by atoms with van der Waals surface area (Å²) in [4.78, 5) is 0. The summed E-state index contributed by atoms with van der Waals surface area (Å²) in [6.45, 7) is 7.88. The molecule has 0 aromatic carbocycles. The highest BCUT2D eigenvalue weighted by molar-refractivity contribution is 4.85. The molecule has 1 N–H and O–H groups in total. The molecule has 1 heterocycles. The molecule has 3 nitrogen and oxygen atoms in total. The van der Waals surface area contributed by atoms with Gasteiger partial charge < -0.3 is 9.94 Å². The number of hydroxylamine groups is 2. The van der Waals surface area contributed by atoms with E-state index in [9.17, 15) is 5.21 Å². The van der Waals surface area contributed by atoms with Crippen LogP contribution in [0.1, 0.15) is 46.5 Å². The van der Waals surface area contributed by atoms with Gasteiger partial charge in [-0.15, -0.1) is 0 Å². The van der Waals surface area contributed by atoms with Crippen molar-refractivity contribution in [1.29, 1.82) is 0 Å². The molecule has 84 valence electrons. The predicted octanol–water partition coefficient (Wildman–Crippen LogP) is 2.44. The van der Waals surface area contributed by atoms with E-state index in [0.29, 0.717) is 6.10 Å². The van der Waals surface area contributed by atoms with E-state index in [1.807, 2.05) is 0 Å². The number of ether oxygens (including phenoxy) is 1. The summed E-state index contributed by atoms with van der Waals surface area (Å²) in [5.74, 6) is 0. The normalized spacial score (nSPS) is 27.9. The Morgan fingerprint density at radius 3 is 2.79 bits per heavy atom. The molecular weight excluding hydrogens is 178 g/mol. The highest BCUT2D eigenvalue weighted by Gasteiger charge is 2.34. The van der Waals surface area contributed by atoms with Gasteiger partial charge in [0.2, 0.25) is 0 Å². The summed E-state index contributed by atoms with van der Waals surface area (Å²) in [6.07, 6.45) is 4.53. The van der Waals surface area contributed by atoms with Crippen molar-refractivity contribution in [2.75, 3.05) is 13.2 Å². The average Bonchev–Trinajstić information content (AvgIpc) is 2.11. The van der Waals surface area contributed by atoms with Gasteiger partial charge in [-0.25, -0.2) is 0 Å². The maximum Gasteiger partial charge on any atom is 0.0606 e. The van der Waals surface area contributed by atoms with Crippen LogP contribution in [0.3, 0.4) is 0 Å². The van der Waals surface area contributed by atoms with E-state index in [4.69, 9.17) is 4.74 Å². The molecule has 1 saturated heterocycles. The third-order valence-electron chi connectivity index (χ3n) is 2.94. The maximum atomic E-state index is 9.60. The largest absolute Gasteiger partial charge is 0.378 e. The first-order valence-electron chi connectivity index (χ1n) is 5.64. The topological polar surface area (TPSA) is 32.7 Å². The van der Waals surface area contributed by atoms with Crippen LogP contribution in [0, 0.1) is 0 Å². The summed E-state index contributed by atoms with van der Waals surface area (Å²) in [7, 11) is 0. The number of hydrogen-bond donors (Lipinski definition) is 1. The van der Waals surface area contributed by atoms with Crippen molar-refractivity contribution in [3.8, 4) is 0 Å². The molecule has 1 fully saturated rings. The second-order valence-electron chi connectivity index (χ2n) is 4.77. The lowest BCUT2D eigenvalue weighted by molar-refractivity contribution is -0.200. The molecule has 1 aliphatic rings. The molecule has 0 aromatic heterocycles. The number of nitrogens with zero attached hydrogens (tertiary/aromatic N) is 1. The molecule has 1 aliphatic heterocycles. The lowest BCUT2D eigenvalue weighted by Crippen LogP contribution is -2.50. The maximum absolute atomic E-state index is 9.60. The molecule has 0 aromatic rings. The SMILES string of the molecule is CCCCOC1CCN(O)C(C)(C)C1. The van der Waals surface area contributed by atoms with Crippen molar-refractivity contribution in [2.45, 2.75) is 58.1 Å². The smallest absolute Gasteiger partial charge is 0.0606 e. The van der Waals surface area contributed by atoms with Crippen LogP contribution in [-0.4, -0.2) is 35.1 Å². The molecule has 0 radical (unpaired) electrons. The highest BCUT2D eigenvalue weighted by Crippen LogP contribution is 2.27. The Balaban J connectivity index is 2.29. The minimum Gasteiger partial charge on any atom is -0.378 e. The van der Waals surface area contributed by atoms with E-state index in [0.717, 1.165) is 32.4 Å². The molecule has 1 atom stereocenters. The van der Waals surface area contributed by atoms with Crippen molar-refractivity contribution >= 4 is 0 Å². The van der Waals surface area contributed by atoms with Gasteiger partial charge in [0, 0.05) is 18.7 Å². The van der Waals surface area contributed by atoms with Crippen LogP contribution in [0.25, 0.3) is 0 Å². The van der Waals surface area contributed by atoms with Crippen molar-refractivity contribution in [1.82, 2.24) is 5.06 Å². The number of piperidine rings is 1. The summed E-state index contributed by atoms with van der Waals surface area (Å²) < 4.78 is 5.77. The minimum atomic E-state index is -0.130. The Hall–Kier alpha value is -0.120. The summed E-state index contributed by atoms with van der Waals surface area (Å²) in [6, 6.07) is 0. The van der Waals surface area contributed by atoms with Gasteiger partial charge in [0.05, 0.1) is 6.10 Å². The van der Waals surface area contributed by atoms with Crippen molar-refractivity contribution < 1.29 is 9.94 Å². The fourth-order valence-corrected chi connectivity index (χ4v) is 1.87. The van der Waals surface area contributed by atoms with Crippen LogP contribution in [0.5, 0.6) is 0 Å². The van der Waals surface area contributed by atoms with Crippen molar-refractivity contribution in [2.24, 2.45) is 0 Å². The van der Waals surface area contributed by atoms with Crippen LogP contribution in [0.15, 0.2) is 0 Å². The number of hydrogen-bond acceptors (Lipinski definition) is 3. The molecule has 1 rings (SSSR count). The zero-order valence-corrected chi connectivity index (χ0v) is 9.62. The van der Waals surface area contributed by atoms with E-state index < -0.39 is 0 Å². The minimum absolute atomic E-state index is 0.130. The van der Waals surface area contributed by atoms with Gasteiger partial charge in [-0.05, 0) is 33.1 Å². The van der Waals surface area contributed by atoms with Crippen molar-refractivity contribution in [3.63, 3.8) is 0 Å². The number of rotatable bonds is 4. The summed E-state index contributed by atoms with van der Waals surface area (Å²) >= 11 is 0. The van der Waals surface area contributed by atoms with Gasteiger partial charge >= 0.3 is 0 Å². The third kappa shape index (κ3) is 3.23. The highest BCUT2D eigenvalue weighted by atomic mass is 16.5. The molecule has 0 saturated carbocycles. The Bertz CT molecular complexity index is 171. The van der Waals surface area contributed by atoms with E-state index in [1.54, 1.807) is 0 Å². The van der Waals surface area contributed by atoms with Gasteiger partial charge in [0.25, 0.3) is 0 Å². The monoisotopic (exact) mass is 201 g/mol. The van der Waals surface area contributed by atoms with Crippen LogP contribution in [0.4, 0.5) is 0 Å². The van der Waals surface area contributed by atoms with Gasteiger partial charge in [0.15, 0.2) is 0 Å². The molecule has 0 aliphatic carbocycles. The lowest BCUT2D eigenvalue weighted by Gasteiger charge is -2.41. The Morgan fingerprint density at radius 1 is 1.50 bits per heavy atom. The standard InChI is InChI=1S/C11H23NO2/c1-4-5-8-14-10-6-7-12(13)11(2,3)9-10/h10,13H,4-9H2,1-3H3. The van der Waals surface area contributed by atoms with E-state index in [2.05, 4.69) is 20.8 Å². The summed E-state index contributed by atoms with van der Waals surface area (Å²) in [5, 5.41) is 11.0. The van der Waals surface area contributed by atoms with E-state index in [1.165, 1.54) is 11.5 Å². The number of unbranched alkanes of at least 4 members (excludes halogenated alkanes) is 1. The van der Waals surface area contributed by atoms with Crippen LogP contribution >= 0.6 is 0 Å². The van der Waals surface area contributed by atoms with Crippen LogP contribution in [0.2, 0.25) is 0 Å². The quantitative estimate of drug-likeness (QED) is 0.709. The first-order valence-corrected chi connectivity index (χ1v) is 5.64. The fraction of sp³-hybridized carbons (Fsp3) is 1.00. The van der Waals surface area contributed by atoms with E-state index in [-0.39, 0.29) is 5.54 Å². The van der Waals surface area contributed by atoms with Crippen LogP contribution < -0.4 is 0 Å². The molecule has 1 unspecified atom stereocenters. The van der Waals surface area contributed by atoms with Crippen LogP contribution in [-0.2, 0) is 4.74 Å². The fourth-order valence-electron chi connectivity index (χ4n) is 1.87. The summed E-state index contributed by atoms with van der Waals surface area (Å²) in [5.41, 5.74) is -0.130. The van der Waals surface area contributed by atoms with E-state index >= 15 is 0 Å². The van der Waals surface area contributed by atoms with Gasteiger partial charge in [-0.1, -0.05) is 13.3 Å². The zero-order chi connectivity index (χ0) is 10.6. The van der Waals surface area contributed by atoms with Crippen molar-refractivity contribution in [3.05, 3.63) is 0 Å². The lowest BCUT2D eigenvalue weighted by atomic mass is 9.90. The molecule has 0 amide bonds. The average molecular weight is 201 g/mol. The second kappa shape index (κ2) is 5.10. The first-order chi connectivity index (χ1) is 6.56. The third-order valence-corrected chi connectivity index (χ3v) is 2.94. The molecule has 0 bridgehead atoms. The zero-order valence-electron chi connectivity index (χ0n) is 9.62. The van der Waals surface area contributed by atoms with Gasteiger partial charge in [0.1, 0.15) is 0 Å². The Kier molecular flexibility index (Phi) is 4.35. The first kappa shape index (κ1) is 12.0. The molecule has 14 heavy (non-hydrogen) atoms. The predicted molar refractivity (Wildman–Crippen MR) is 56.5 cm³/mol. The van der Waals surface area contributed by atoms with Gasteiger partial charge in [-0.3, -0.25) is 0 Å². The molecule has 3 heteroatoms. The molecule has 0 spiro atoms. The Labute approximate surface area is 87.0 Å². The molecular formula is C11H23NO2. The second-order valence-corrected chi connectivity index (χ2v) is 4.77. The Morgan fingerprint density at radius 2 is 2.21 bits per heavy atom. The van der Waals surface area contributed by atoms with Gasteiger partial charge in [-0.2, -0.15) is 5.06 Å².